The molecule has 0 fully saturated rings. The zero-order valence-corrected chi connectivity index (χ0v) is 15.2. The number of aromatic nitrogens is 7. The van der Waals surface area contributed by atoms with Crippen molar-refractivity contribution in [1.82, 2.24) is 35.0 Å². The number of ether oxygens (including phenoxy) is 1. The van der Waals surface area contributed by atoms with Gasteiger partial charge in [0.15, 0.2) is 11.6 Å². The van der Waals surface area contributed by atoms with E-state index < -0.39 is 6.10 Å². The molecule has 0 amide bonds. The average molecular weight is 357 g/mol. The number of aryl methyl sites for hydroxylation is 1. The molecule has 1 unspecified atom stereocenters. The highest BCUT2D eigenvalue weighted by Crippen LogP contribution is 2.22. The lowest BCUT2D eigenvalue weighted by molar-refractivity contribution is 0.145. The Balaban J connectivity index is 1.89. The number of nitrogens with zero attached hydrogens (tertiary/aromatic N) is 7. The van der Waals surface area contributed by atoms with Crippen LogP contribution in [0.2, 0.25) is 0 Å². The summed E-state index contributed by atoms with van der Waals surface area (Å²) in [6.07, 6.45) is 0.818. The summed E-state index contributed by atoms with van der Waals surface area (Å²) in [5, 5.41) is 26.6. The van der Waals surface area contributed by atoms with Crippen LogP contribution < -0.4 is 0 Å². The summed E-state index contributed by atoms with van der Waals surface area (Å²) < 4.78 is 6.87. The molecule has 9 heteroatoms. The van der Waals surface area contributed by atoms with Gasteiger partial charge in [-0.3, -0.25) is 0 Å². The first-order chi connectivity index (χ1) is 12.6. The Kier molecular flexibility index (Phi) is 5.69. The van der Waals surface area contributed by atoms with Crippen molar-refractivity contribution in [2.24, 2.45) is 7.05 Å². The molecule has 0 aliphatic rings. The van der Waals surface area contributed by atoms with Crippen LogP contribution in [-0.2, 0) is 24.8 Å². The molecule has 3 aromatic rings. The molecule has 9 nitrogen and oxygen atoms in total. The van der Waals surface area contributed by atoms with E-state index in [1.54, 1.807) is 18.8 Å². The number of tetrazole rings is 1. The van der Waals surface area contributed by atoms with Gasteiger partial charge in [-0.05, 0) is 11.6 Å². The Hall–Kier alpha value is -2.65. The number of aliphatic hydroxyl groups is 1. The molecule has 2 heterocycles. The van der Waals surface area contributed by atoms with Gasteiger partial charge < -0.3 is 9.84 Å². The minimum atomic E-state index is -0.464. The van der Waals surface area contributed by atoms with Crippen molar-refractivity contribution in [3.8, 4) is 22.8 Å². The van der Waals surface area contributed by atoms with Gasteiger partial charge in [-0.15, -0.1) is 10.2 Å². The topological polar surface area (TPSA) is 104 Å². The quantitative estimate of drug-likeness (QED) is 0.643. The molecule has 0 radical (unpaired) electrons. The summed E-state index contributed by atoms with van der Waals surface area (Å²) in [7, 11) is 3.38. The molecule has 138 valence electrons. The second-order valence-electron chi connectivity index (χ2n) is 6.02. The maximum atomic E-state index is 10.0. The lowest BCUT2D eigenvalue weighted by atomic mass is 10.1. The second kappa shape index (κ2) is 8.15. The van der Waals surface area contributed by atoms with Crippen molar-refractivity contribution >= 4 is 0 Å². The lowest BCUT2D eigenvalue weighted by Gasteiger charge is -2.10. The lowest BCUT2D eigenvalue weighted by Crippen LogP contribution is -2.17. The normalized spacial score (nSPS) is 12.5. The van der Waals surface area contributed by atoms with Crippen molar-refractivity contribution in [2.75, 3.05) is 13.7 Å². The zero-order chi connectivity index (χ0) is 18.5. The van der Waals surface area contributed by atoms with Crippen molar-refractivity contribution in [3.05, 3.63) is 30.1 Å². The third kappa shape index (κ3) is 4.12. The van der Waals surface area contributed by atoms with E-state index >= 15 is 0 Å². The standard InChI is InChI=1S/C17H23N7O2/c1-4-14(25)11-24-17(18-15(20-24)9-10-26-3)13-7-5-12(6-8-13)16-19-22-23(2)21-16/h5-8,14,25H,4,9-11H2,1-3H3. The van der Waals surface area contributed by atoms with Gasteiger partial charge in [0.05, 0.1) is 26.3 Å². The molecule has 3 rings (SSSR count). The SMILES string of the molecule is CCC(O)Cn1nc(CCOC)nc1-c1ccc(-c2nnn(C)n2)cc1. The Morgan fingerprint density at radius 2 is 1.88 bits per heavy atom. The van der Waals surface area contributed by atoms with Gasteiger partial charge in [-0.25, -0.2) is 9.67 Å². The molecule has 1 atom stereocenters. The maximum Gasteiger partial charge on any atom is 0.204 e. The average Bonchev–Trinajstić information content (AvgIpc) is 3.26. The van der Waals surface area contributed by atoms with Crippen molar-refractivity contribution < 1.29 is 9.84 Å². The first kappa shape index (κ1) is 18.2. The van der Waals surface area contributed by atoms with Gasteiger partial charge in [0.2, 0.25) is 5.82 Å². The molecular formula is C17H23N7O2. The van der Waals surface area contributed by atoms with E-state index in [4.69, 9.17) is 4.74 Å². The first-order valence-corrected chi connectivity index (χ1v) is 8.56. The predicted molar refractivity (Wildman–Crippen MR) is 95.1 cm³/mol. The maximum absolute atomic E-state index is 10.0. The summed E-state index contributed by atoms with van der Waals surface area (Å²) in [5.74, 6) is 2.00. The first-order valence-electron chi connectivity index (χ1n) is 8.56. The summed E-state index contributed by atoms with van der Waals surface area (Å²) >= 11 is 0. The van der Waals surface area contributed by atoms with E-state index in [-0.39, 0.29) is 0 Å². The molecule has 0 saturated carbocycles. The fourth-order valence-corrected chi connectivity index (χ4v) is 2.53. The molecular weight excluding hydrogens is 334 g/mol. The fraction of sp³-hybridized carbons (Fsp3) is 0.471. The number of rotatable bonds is 8. The van der Waals surface area contributed by atoms with Gasteiger partial charge >= 0.3 is 0 Å². The van der Waals surface area contributed by atoms with Crippen LogP contribution in [0.15, 0.2) is 24.3 Å². The monoisotopic (exact) mass is 357 g/mol. The van der Waals surface area contributed by atoms with Crippen LogP contribution in [0, 0.1) is 0 Å². The number of methoxy groups -OCH3 is 1. The highest BCUT2D eigenvalue weighted by molar-refractivity contribution is 5.62. The fourth-order valence-electron chi connectivity index (χ4n) is 2.53. The van der Waals surface area contributed by atoms with Crippen LogP contribution in [0.4, 0.5) is 0 Å². The van der Waals surface area contributed by atoms with Gasteiger partial charge in [-0.2, -0.15) is 9.90 Å². The van der Waals surface area contributed by atoms with Crippen LogP contribution in [0.3, 0.4) is 0 Å². The molecule has 0 spiro atoms. The summed E-state index contributed by atoms with van der Waals surface area (Å²) in [6.45, 7) is 2.89. The minimum Gasteiger partial charge on any atom is -0.391 e. The summed E-state index contributed by atoms with van der Waals surface area (Å²) in [6, 6.07) is 7.75. The molecule has 2 aromatic heterocycles. The number of aliphatic hydroxyl groups excluding tert-OH is 1. The van der Waals surface area contributed by atoms with Gasteiger partial charge in [-0.1, -0.05) is 31.2 Å². The number of hydrogen-bond acceptors (Lipinski definition) is 7. The molecule has 1 aromatic carbocycles. The van der Waals surface area contributed by atoms with Crippen molar-refractivity contribution in [1.29, 1.82) is 0 Å². The largest absolute Gasteiger partial charge is 0.391 e. The van der Waals surface area contributed by atoms with E-state index in [0.717, 1.165) is 17.0 Å². The third-order valence-electron chi connectivity index (χ3n) is 4.01. The van der Waals surface area contributed by atoms with E-state index in [0.29, 0.717) is 37.6 Å². The molecule has 1 N–H and O–H groups in total. The van der Waals surface area contributed by atoms with Crippen LogP contribution in [0.1, 0.15) is 19.2 Å². The van der Waals surface area contributed by atoms with Crippen molar-refractivity contribution in [3.63, 3.8) is 0 Å². The number of hydrogen-bond donors (Lipinski definition) is 1. The van der Waals surface area contributed by atoms with Crippen LogP contribution in [0.25, 0.3) is 22.8 Å². The molecule has 26 heavy (non-hydrogen) atoms. The summed E-state index contributed by atoms with van der Waals surface area (Å²) in [5.41, 5.74) is 1.79. The molecule has 0 aliphatic carbocycles. The van der Waals surface area contributed by atoms with Gasteiger partial charge in [0.1, 0.15) is 0 Å². The Bertz CT molecular complexity index is 841. The zero-order valence-electron chi connectivity index (χ0n) is 15.2. The highest BCUT2D eigenvalue weighted by Gasteiger charge is 2.15. The van der Waals surface area contributed by atoms with Crippen LogP contribution in [0.5, 0.6) is 0 Å². The van der Waals surface area contributed by atoms with E-state index in [1.807, 2.05) is 31.2 Å². The minimum absolute atomic E-state index is 0.402. The molecule has 0 saturated heterocycles. The predicted octanol–water partition coefficient (Wildman–Crippen LogP) is 1.10. The molecule has 0 bridgehead atoms. The molecule has 0 aliphatic heterocycles. The Morgan fingerprint density at radius 3 is 2.50 bits per heavy atom. The third-order valence-corrected chi connectivity index (χ3v) is 4.01. The van der Waals surface area contributed by atoms with Gasteiger partial charge in [0, 0.05) is 24.7 Å². The van der Waals surface area contributed by atoms with Crippen LogP contribution in [-0.4, -0.2) is 59.9 Å². The van der Waals surface area contributed by atoms with E-state index in [1.165, 1.54) is 4.80 Å². The number of benzene rings is 1. The van der Waals surface area contributed by atoms with Crippen LogP contribution >= 0.6 is 0 Å². The summed E-state index contributed by atoms with van der Waals surface area (Å²) in [4.78, 5) is 6.05. The highest BCUT2D eigenvalue weighted by atomic mass is 16.5. The second-order valence-corrected chi connectivity index (χ2v) is 6.02. The van der Waals surface area contributed by atoms with Gasteiger partial charge in [0.25, 0.3) is 0 Å². The van der Waals surface area contributed by atoms with Crippen molar-refractivity contribution in [2.45, 2.75) is 32.4 Å². The smallest absolute Gasteiger partial charge is 0.204 e. The van der Waals surface area contributed by atoms with E-state index in [9.17, 15) is 5.11 Å². The van der Waals surface area contributed by atoms with E-state index in [2.05, 4.69) is 25.5 Å². The Labute approximate surface area is 151 Å². The Morgan fingerprint density at radius 1 is 1.15 bits per heavy atom.